The van der Waals surface area contributed by atoms with E-state index < -0.39 is 6.09 Å². The first-order valence-corrected chi connectivity index (χ1v) is 9.89. The van der Waals surface area contributed by atoms with Gasteiger partial charge in [-0.3, -0.25) is 9.69 Å². The summed E-state index contributed by atoms with van der Waals surface area (Å²) in [5, 5.41) is 3.17. The molecule has 0 radical (unpaired) electrons. The highest BCUT2D eigenvalue weighted by atomic mass is 16.6. The van der Waals surface area contributed by atoms with E-state index in [0.717, 1.165) is 43.3 Å². The van der Waals surface area contributed by atoms with Gasteiger partial charge in [0, 0.05) is 45.0 Å². The number of hydrogen-bond donors (Lipinski definition) is 1. The molecule has 1 aliphatic carbocycles. The van der Waals surface area contributed by atoms with Crippen LogP contribution in [0.15, 0.2) is 6.20 Å². The van der Waals surface area contributed by atoms with Gasteiger partial charge in [-0.2, -0.15) is 4.98 Å². The number of aromatic nitrogens is 2. The molecule has 28 heavy (non-hydrogen) atoms. The second-order valence-electron chi connectivity index (χ2n) is 8.20. The lowest BCUT2D eigenvalue weighted by Crippen LogP contribution is -2.54. The molecule has 2 amide bonds. The molecule has 3 atom stereocenters. The molecule has 1 aromatic rings. The van der Waals surface area contributed by atoms with E-state index in [1.54, 1.807) is 0 Å². The number of amides is 2. The van der Waals surface area contributed by atoms with Gasteiger partial charge < -0.3 is 19.9 Å². The average molecular weight is 388 g/mol. The summed E-state index contributed by atoms with van der Waals surface area (Å²) in [4.78, 5) is 39.0. The molecule has 9 nitrogen and oxygen atoms in total. The van der Waals surface area contributed by atoms with E-state index in [1.807, 2.05) is 32.1 Å². The molecule has 1 aromatic heterocycles. The monoisotopic (exact) mass is 388 g/mol. The molecule has 2 aliphatic heterocycles. The zero-order chi connectivity index (χ0) is 19.8. The number of hydrogen-bond acceptors (Lipinski definition) is 7. The van der Waals surface area contributed by atoms with Crippen LogP contribution >= 0.6 is 0 Å². The fourth-order valence-corrected chi connectivity index (χ4v) is 4.62. The van der Waals surface area contributed by atoms with Crippen LogP contribution in [-0.2, 0) is 9.53 Å². The van der Waals surface area contributed by atoms with Crippen molar-refractivity contribution in [3.05, 3.63) is 11.8 Å². The fraction of sp³-hybridized carbons (Fsp3) is 0.684. The molecular formula is C19H28N6O3. The van der Waals surface area contributed by atoms with Crippen molar-refractivity contribution in [3.63, 3.8) is 0 Å². The molecular weight excluding hydrogens is 360 g/mol. The predicted molar refractivity (Wildman–Crippen MR) is 104 cm³/mol. The molecule has 0 aromatic carbocycles. The van der Waals surface area contributed by atoms with Crippen LogP contribution in [-0.4, -0.2) is 79.8 Å². The standard InChI is InChI=1S/C19H28N6O3/c1-12-8-20-18(22-17(12)23(2)3)25-9-13-4-5-14(10-25)16(13)21-15(26)11-24-6-7-28-19(24)27/h8,13-14,16H,4-7,9-11H2,1-3H3,(H,21,26)/t13-,14+,16?. The summed E-state index contributed by atoms with van der Waals surface area (Å²) in [5.41, 5.74) is 1.05. The van der Waals surface area contributed by atoms with Gasteiger partial charge in [0.2, 0.25) is 11.9 Å². The largest absolute Gasteiger partial charge is 0.448 e. The molecule has 9 heteroatoms. The lowest BCUT2D eigenvalue weighted by atomic mass is 9.92. The number of piperidine rings is 1. The van der Waals surface area contributed by atoms with Crippen molar-refractivity contribution in [2.45, 2.75) is 25.8 Å². The van der Waals surface area contributed by atoms with Crippen LogP contribution in [0.5, 0.6) is 0 Å². The van der Waals surface area contributed by atoms with Gasteiger partial charge in [-0.05, 0) is 31.6 Å². The lowest BCUT2D eigenvalue weighted by molar-refractivity contribution is -0.122. The Morgan fingerprint density at radius 3 is 2.64 bits per heavy atom. The summed E-state index contributed by atoms with van der Waals surface area (Å²) in [7, 11) is 3.97. The number of aryl methyl sites for hydroxylation is 1. The molecule has 3 heterocycles. The molecule has 0 spiro atoms. The quantitative estimate of drug-likeness (QED) is 0.791. The Morgan fingerprint density at radius 2 is 2.04 bits per heavy atom. The number of carbonyl (C=O) groups excluding carboxylic acids is 2. The molecule has 1 N–H and O–H groups in total. The topological polar surface area (TPSA) is 90.9 Å². The van der Waals surface area contributed by atoms with Gasteiger partial charge in [0.15, 0.2) is 0 Å². The van der Waals surface area contributed by atoms with Gasteiger partial charge in [0.05, 0.1) is 6.54 Å². The van der Waals surface area contributed by atoms with E-state index in [9.17, 15) is 9.59 Å². The van der Waals surface area contributed by atoms with Gasteiger partial charge in [0.25, 0.3) is 0 Å². The van der Waals surface area contributed by atoms with E-state index in [1.165, 1.54) is 4.90 Å². The Morgan fingerprint density at radius 1 is 1.32 bits per heavy atom. The summed E-state index contributed by atoms with van der Waals surface area (Å²) in [6.45, 7) is 4.61. The van der Waals surface area contributed by atoms with Gasteiger partial charge in [-0.15, -0.1) is 0 Å². The first-order valence-electron chi connectivity index (χ1n) is 9.89. The molecule has 152 valence electrons. The van der Waals surface area contributed by atoms with E-state index in [4.69, 9.17) is 9.72 Å². The lowest BCUT2D eigenvalue weighted by Gasteiger charge is -2.38. The van der Waals surface area contributed by atoms with Crippen LogP contribution in [0.2, 0.25) is 0 Å². The second kappa shape index (κ2) is 7.44. The van der Waals surface area contributed by atoms with Gasteiger partial charge in [-0.1, -0.05) is 0 Å². The number of ether oxygens (including phenoxy) is 1. The van der Waals surface area contributed by atoms with E-state index in [-0.39, 0.29) is 18.5 Å². The Balaban J connectivity index is 1.40. The molecule has 1 saturated carbocycles. The van der Waals surface area contributed by atoms with Gasteiger partial charge in [-0.25, -0.2) is 9.78 Å². The fourth-order valence-electron chi connectivity index (χ4n) is 4.62. The van der Waals surface area contributed by atoms with Crippen LogP contribution in [0.4, 0.5) is 16.6 Å². The summed E-state index contributed by atoms with van der Waals surface area (Å²) in [6.07, 6.45) is 3.65. The minimum Gasteiger partial charge on any atom is -0.448 e. The number of nitrogens with one attached hydrogen (secondary N) is 1. The number of nitrogens with zero attached hydrogens (tertiary/aromatic N) is 5. The molecule has 2 saturated heterocycles. The third-order valence-corrected chi connectivity index (χ3v) is 5.98. The van der Waals surface area contributed by atoms with Crippen LogP contribution in [0.25, 0.3) is 0 Å². The molecule has 2 bridgehead atoms. The van der Waals surface area contributed by atoms with Crippen molar-refractivity contribution >= 4 is 23.8 Å². The maximum Gasteiger partial charge on any atom is 0.410 e. The van der Waals surface area contributed by atoms with Crippen LogP contribution < -0.4 is 15.1 Å². The summed E-state index contributed by atoms with van der Waals surface area (Å²) < 4.78 is 4.89. The van der Waals surface area contributed by atoms with Crippen molar-refractivity contribution in [1.82, 2.24) is 20.2 Å². The predicted octanol–water partition coefficient (Wildman–Crippen LogP) is 0.634. The maximum absolute atomic E-state index is 12.4. The smallest absolute Gasteiger partial charge is 0.410 e. The van der Waals surface area contributed by atoms with E-state index in [2.05, 4.69) is 15.2 Å². The highest BCUT2D eigenvalue weighted by Gasteiger charge is 2.43. The van der Waals surface area contributed by atoms with Crippen LogP contribution in [0.1, 0.15) is 18.4 Å². The van der Waals surface area contributed by atoms with Crippen molar-refractivity contribution < 1.29 is 14.3 Å². The summed E-state index contributed by atoms with van der Waals surface area (Å²) >= 11 is 0. The first-order chi connectivity index (χ1) is 13.4. The summed E-state index contributed by atoms with van der Waals surface area (Å²) in [6, 6.07) is 0.154. The Hall–Kier alpha value is -2.58. The number of rotatable bonds is 5. The maximum atomic E-state index is 12.4. The Bertz CT molecular complexity index is 756. The molecule has 3 fully saturated rings. The molecule has 3 aliphatic rings. The average Bonchev–Trinajstić information content (AvgIpc) is 3.13. The van der Waals surface area contributed by atoms with Crippen molar-refractivity contribution in [2.75, 3.05) is 56.7 Å². The highest BCUT2D eigenvalue weighted by Crippen LogP contribution is 2.38. The first kappa shape index (κ1) is 18.8. The van der Waals surface area contributed by atoms with Crippen molar-refractivity contribution in [1.29, 1.82) is 0 Å². The van der Waals surface area contributed by atoms with E-state index >= 15 is 0 Å². The molecule has 1 unspecified atom stereocenters. The van der Waals surface area contributed by atoms with Crippen LogP contribution in [0.3, 0.4) is 0 Å². The third-order valence-electron chi connectivity index (χ3n) is 5.98. The molecule has 4 rings (SSSR count). The highest BCUT2D eigenvalue weighted by molar-refractivity contribution is 5.83. The van der Waals surface area contributed by atoms with Gasteiger partial charge >= 0.3 is 6.09 Å². The second-order valence-corrected chi connectivity index (χ2v) is 8.20. The number of carbonyl (C=O) groups is 2. The normalized spacial score (nSPS) is 26.4. The minimum absolute atomic E-state index is 0.0752. The summed E-state index contributed by atoms with van der Waals surface area (Å²) in [5.74, 6) is 2.35. The SMILES string of the molecule is Cc1cnc(N2C[C@H]3CC[C@@H](C2)C3NC(=O)CN2CCOC2=O)nc1N(C)C. The minimum atomic E-state index is -0.402. The van der Waals surface area contributed by atoms with Crippen LogP contribution in [0, 0.1) is 18.8 Å². The number of cyclic esters (lactones) is 1. The van der Waals surface area contributed by atoms with Gasteiger partial charge in [0.1, 0.15) is 19.0 Å². The van der Waals surface area contributed by atoms with Crippen molar-refractivity contribution in [2.24, 2.45) is 11.8 Å². The number of anilines is 2. The third kappa shape index (κ3) is 3.57. The van der Waals surface area contributed by atoms with Crippen molar-refractivity contribution in [3.8, 4) is 0 Å². The zero-order valence-corrected chi connectivity index (χ0v) is 16.7. The van der Waals surface area contributed by atoms with E-state index in [0.29, 0.717) is 25.0 Å². The zero-order valence-electron chi connectivity index (χ0n) is 16.7. The number of fused-ring (bicyclic) bond motifs is 2. The Kier molecular flexibility index (Phi) is 4.99. The Labute approximate surface area is 165 Å².